The third kappa shape index (κ3) is 5.89. The van der Waals surface area contributed by atoms with Crippen molar-refractivity contribution in [2.75, 3.05) is 27.2 Å². The first-order valence-corrected chi connectivity index (χ1v) is 10.4. The molecule has 0 atom stereocenters. The second kappa shape index (κ2) is 9.82. The van der Waals surface area contributed by atoms with Gasteiger partial charge < -0.3 is 14.2 Å². The summed E-state index contributed by atoms with van der Waals surface area (Å²) in [5.41, 5.74) is 1.96. The Morgan fingerprint density at radius 3 is 2.61 bits per heavy atom. The molecule has 0 aliphatic rings. The molecule has 0 radical (unpaired) electrons. The maximum Gasteiger partial charge on any atom is 0.248 e. The average molecular weight is 419 g/mol. The van der Waals surface area contributed by atoms with Crippen LogP contribution >= 0.6 is 22.9 Å². The first kappa shape index (κ1) is 20.5. The molecular formula is C20H23ClN4O2S. The van der Waals surface area contributed by atoms with Crippen molar-refractivity contribution in [2.24, 2.45) is 0 Å². The zero-order chi connectivity index (χ0) is 19.9. The van der Waals surface area contributed by atoms with E-state index in [0.717, 1.165) is 17.7 Å². The van der Waals surface area contributed by atoms with Crippen LogP contribution in [0, 0.1) is 0 Å². The van der Waals surface area contributed by atoms with Crippen LogP contribution < -0.4 is 0 Å². The fourth-order valence-electron chi connectivity index (χ4n) is 2.65. The summed E-state index contributed by atoms with van der Waals surface area (Å²) < 4.78 is 5.68. The van der Waals surface area contributed by atoms with Gasteiger partial charge in [0.1, 0.15) is 0 Å². The number of thiophene rings is 1. The topological polar surface area (TPSA) is 62.5 Å². The minimum Gasteiger partial charge on any atom is -0.421 e. The van der Waals surface area contributed by atoms with Gasteiger partial charge in [-0.25, -0.2) is 0 Å². The Labute approximate surface area is 173 Å². The summed E-state index contributed by atoms with van der Waals surface area (Å²) in [6, 6.07) is 9.51. The number of aromatic nitrogens is 2. The Kier molecular flexibility index (Phi) is 7.19. The number of benzene rings is 1. The second-order valence-corrected chi connectivity index (χ2v) is 7.97. The van der Waals surface area contributed by atoms with Crippen LogP contribution in [0.1, 0.15) is 17.9 Å². The second-order valence-electron chi connectivity index (χ2n) is 6.76. The molecule has 28 heavy (non-hydrogen) atoms. The molecule has 1 amide bonds. The van der Waals surface area contributed by atoms with Crippen LogP contribution in [0.2, 0.25) is 5.02 Å². The lowest BCUT2D eigenvalue weighted by Crippen LogP contribution is -2.36. The molecule has 0 unspecified atom stereocenters. The first-order valence-electron chi connectivity index (χ1n) is 9.03. The standard InChI is InChI=1S/C20H23ClN4O2S/c1-24(2)10-11-25(13-15-3-5-17(21)6-4-15)19(26)8-7-18-22-23-20(27-18)16-9-12-28-14-16/h3-6,9,12,14H,7-8,10-11,13H2,1-2H3. The van der Waals surface area contributed by atoms with E-state index in [1.165, 1.54) is 0 Å². The Hall–Kier alpha value is -2.22. The molecule has 0 N–H and O–H groups in total. The zero-order valence-electron chi connectivity index (χ0n) is 16.0. The van der Waals surface area contributed by atoms with E-state index < -0.39 is 0 Å². The Balaban J connectivity index is 1.60. The molecule has 2 heterocycles. The molecular weight excluding hydrogens is 396 g/mol. The molecule has 0 saturated heterocycles. The fourth-order valence-corrected chi connectivity index (χ4v) is 3.41. The number of nitrogens with zero attached hydrogens (tertiary/aromatic N) is 4. The van der Waals surface area contributed by atoms with E-state index in [1.807, 2.05) is 60.1 Å². The van der Waals surface area contributed by atoms with Crippen LogP contribution in [0.15, 0.2) is 45.5 Å². The predicted octanol–water partition coefficient (Wildman–Crippen LogP) is 3.97. The van der Waals surface area contributed by atoms with Crippen molar-refractivity contribution in [2.45, 2.75) is 19.4 Å². The monoisotopic (exact) mass is 418 g/mol. The van der Waals surface area contributed by atoms with Gasteiger partial charge in [-0.15, -0.1) is 10.2 Å². The number of carbonyl (C=O) groups is 1. The molecule has 0 aliphatic carbocycles. The van der Waals surface area contributed by atoms with Crippen molar-refractivity contribution >= 4 is 28.8 Å². The molecule has 3 aromatic rings. The normalized spacial score (nSPS) is 11.1. The van der Waals surface area contributed by atoms with Gasteiger partial charge in [-0.2, -0.15) is 11.3 Å². The number of hydrogen-bond donors (Lipinski definition) is 0. The minimum absolute atomic E-state index is 0.0621. The van der Waals surface area contributed by atoms with E-state index in [2.05, 4.69) is 15.1 Å². The number of aryl methyl sites for hydroxylation is 1. The Bertz CT molecular complexity index is 878. The largest absolute Gasteiger partial charge is 0.421 e. The van der Waals surface area contributed by atoms with Gasteiger partial charge in [0.25, 0.3) is 0 Å². The van der Waals surface area contributed by atoms with E-state index in [9.17, 15) is 4.79 Å². The van der Waals surface area contributed by atoms with E-state index in [1.54, 1.807) is 11.3 Å². The number of halogens is 1. The van der Waals surface area contributed by atoms with Crippen LogP contribution in [0.4, 0.5) is 0 Å². The van der Waals surface area contributed by atoms with Crippen molar-refractivity contribution in [3.05, 3.63) is 57.6 Å². The molecule has 0 aliphatic heterocycles. The fraction of sp³-hybridized carbons (Fsp3) is 0.350. The van der Waals surface area contributed by atoms with Crippen molar-refractivity contribution < 1.29 is 9.21 Å². The molecule has 0 fully saturated rings. The van der Waals surface area contributed by atoms with Crippen molar-refractivity contribution in [1.29, 1.82) is 0 Å². The number of carbonyl (C=O) groups excluding carboxylic acids is 1. The van der Waals surface area contributed by atoms with Gasteiger partial charge in [-0.3, -0.25) is 4.79 Å². The minimum atomic E-state index is 0.0621. The summed E-state index contributed by atoms with van der Waals surface area (Å²) in [5, 5.41) is 12.7. The van der Waals surface area contributed by atoms with Gasteiger partial charge in [-0.1, -0.05) is 23.7 Å². The predicted molar refractivity (Wildman–Crippen MR) is 111 cm³/mol. The van der Waals surface area contributed by atoms with E-state index in [0.29, 0.717) is 42.7 Å². The Morgan fingerprint density at radius 1 is 1.14 bits per heavy atom. The Morgan fingerprint density at radius 2 is 1.93 bits per heavy atom. The van der Waals surface area contributed by atoms with E-state index >= 15 is 0 Å². The lowest BCUT2D eigenvalue weighted by Gasteiger charge is -2.24. The summed E-state index contributed by atoms with van der Waals surface area (Å²) in [5.74, 6) is 1.04. The van der Waals surface area contributed by atoms with Crippen LogP contribution in [-0.4, -0.2) is 53.1 Å². The van der Waals surface area contributed by atoms with Gasteiger partial charge in [0.05, 0.1) is 0 Å². The number of rotatable bonds is 9. The summed E-state index contributed by atoms with van der Waals surface area (Å²) in [7, 11) is 3.99. The lowest BCUT2D eigenvalue weighted by molar-refractivity contribution is -0.132. The molecule has 0 saturated carbocycles. The summed E-state index contributed by atoms with van der Waals surface area (Å²) in [6.45, 7) is 1.99. The third-order valence-corrected chi connectivity index (χ3v) is 5.18. The van der Waals surface area contributed by atoms with Crippen LogP contribution in [0.25, 0.3) is 11.5 Å². The van der Waals surface area contributed by atoms with Crippen molar-refractivity contribution in [3.8, 4) is 11.5 Å². The molecule has 6 nitrogen and oxygen atoms in total. The van der Waals surface area contributed by atoms with E-state index in [4.69, 9.17) is 16.0 Å². The average Bonchev–Trinajstić information content (AvgIpc) is 3.36. The highest BCUT2D eigenvalue weighted by Gasteiger charge is 2.17. The maximum atomic E-state index is 12.8. The SMILES string of the molecule is CN(C)CCN(Cc1ccc(Cl)cc1)C(=O)CCc1nnc(-c2ccsc2)o1. The first-order chi connectivity index (χ1) is 13.5. The molecule has 1 aromatic carbocycles. The highest BCUT2D eigenvalue weighted by atomic mass is 35.5. The summed E-state index contributed by atoms with van der Waals surface area (Å²) in [6.07, 6.45) is 0.751. The molecule has 2 aromatic heterocycles. The maximum absolute atomic E-state index is 12.8. The third-order valence-electron chi connectivity index (χ3n) is 4.24. The molecule has 3 rings (SSSR count). The van der Waals surface area contributed by atoms with Crippen molar-refractivity contribution in [3.63, 3.8) is 0 Å². The van der Waals surface area contributed by atoms with Crippen LogP contribution in [0.3, 0.4) is 0 Å². The summed E-state index contributed by atoms with van der Waals surface area (Å²) >= 11 is 7.53. The highest BCUT2D eigenvalue weighted by Crippen LogP contribution is 2.21. The quantitative estimate of drug-likeness (QED) is 0.526. The van der Waals surface area contributed by atoms with Crippen LogP contribution in [0.5, 0.6) is 0 Å². The smallest absolute Gasteiger partial charge is 0.248 e. The van der Waals surface area contributed by atoms with Gasteiger partial charge in [0, 0.05) is 48.4 Å². The van der Waals surface area contributed by atoms with Gasteiger partial charge in [-0.05, 0) is 43.2 Å². The summed E-state index contributed by atoms with van der Waals surface area (Å²) in [4.78, 5) is 16.8. The number of likely N-dealkylation sites (N-methyl/N-ethyl adjacent to an activating group) is 1. The van der Waals surface area contributed by atoms with Gasteiger partial charge >= 0.3 is 0 Å². The highest BCUT2D eigenvalue weighted by molar-refractivity contribution is 7.08. The molecule has 8 heteroatoms. The molecule has 0 bridgehead atoms. The van der Waals surface area contributed by atoms with Crippen LogP contribution in [-0.2, 0) is 17.8 Å². The van der Waals surface area contributed by atoms with Gasteiger partial charge in [0.2, 0.25) is 17.7 Å². The van der Waals surface area contributed by atoms with Gasteiger partial charge in [0.15, 0.2) is 0 Å². The van der Waals surface area contributed by atoms with Crippen molar-refractivity contribution in [1.82, 2.24) is 20.0 Å². The van der Waals surface area contributed by atoms with E-state index in [-0.39, 0.29) is 5.91 Å². The lowest BCUT2D eigenvalue weighted by atomic mass is 10.2. The molecule has 148 valence electrons. The zero-order valence-corrected chi connectivity index (χ0v) is 17.5. The number of hydrogen-bond acceptors (Lipinski definition) is 6. The number of amides is 1. The molecule has 0 spiro atoms.